The molecule has 98 valence electrons. The lowest BCUT2D eigenvalue weighted by Gasteiger charge is -2.13. The van der Waals surface area contributed by atoms with Crippen LogP contribution in [0, 0.1) is 0 Å². The first-order valence-electron chi connectivity index (χ1n) is 5.25. The van der Waals surface area contributed by atoms with E-state index < -0.39 is 6.36 Å². The third-order valence-electron chi connectivity index (χ3n) is 2.32. The molecule has 0 aliphatic rings. The number of pyridine rings is 1. The lowest BCUT2D eigenvalue weighted by Crippen LogP contribution is -2.17. The van der Waals surface area contributed by atoms with Gasteiger partial charge >= 0.3 is 6.36 Å². The van der Waals surface area contributed by atoms with Gasteiger partial charge < -0.3 is 4.74 Å². The van der Waals surface area contributed by atoms with Crippen molar-refractivity contribution in [1.82, 2.24) is 4.98 Å². The summed E-state index contributed by atoms with van der Waals surface area (Å²) in [5, 5.41) is 0. The molecule has 2 aromatic rings. The molecule has 1 heterocycles. The maximum absolute atomic E-state index is 12.3. The predicted octanol–water partition coefficient (Wildman–Crippen LogP) is 3.46. The average Bonchev–Trinajstić information content (AvgIpc) is 2.37. The number of ether oxygens (including phenoxy) is 1. The van der Waals surface area contributed by atoms with Gasteiger partial charge in [0, 0.05) is 29.1 Å². The summed E-state index contributed by atoms with van der Waals surface area (Å²) >= 11 is 0. The van der Waals surface area contributed by atoms with Crippen LogP contribution in [0.5, 0.6) is 5.75 Å². The molecule has 6 heteroatoms. The number of halogens is 3. The van der Waals surface area contributed by atoms with Crippen LogP contribution in [-0.2, 0) is 0 Å². The molecule has 0 spiro atoms. The van der Waals surface area contributed by atoms with E-state index in [1.165, 1.54) is 36.7 Å². The van der Waals surface area contributed by atoms with Gasteiger partial charge in [0.1, 0.15) is 5.75 Å². The molecule has 1 aromatic heterocycles. The Balaban J connectivity index is 2.46. The number of carbonyl (C=O) groups is 1. The molecule has 19 heavy (non-hydrogen) atoms. The number of aromatic nitrogens is 1. The van der Waals surface area contributed by atoms with Crippen LogP contribution in [-0.4, -0.2) is 17.6 Å². The van der Waals surface area contributed by atoms with E-state index in [9.17, 15) is 18.0 Å². The number of rotatable bonds is 3. The number of aldehydes is 1. The maximum atomic E-state index is 12.3. The molecule has 0 saturated heterocycles. The van der Waals surface area contributed by atoms with E-state index in [1.54, 1.807) is 6.07 Å². The van der Waals surface area contributed by atoms with E-state index in [0.717, 1.165) is 0 Å². The van der Waals surface area contributed by atoms with Crippen molar-refractivity contribution in [2.45, 2.75) is 6.36 Å². The number of benzene rings is 1. The molecule has 0 aliphatic heterocycles. The van der Waals surface area contributed by atoms with Gasteiger partial charge in [-0.1, -0.05) is 18.2 Å². The molecule has 0 aliphatic carbocycles. The van der Waals surface area contributed by atoms with Crippen molar-refractivity contribution < 1.29 is 22.7 Å². The van der Waals surface area contributed by atoms with Crippen LogP contribution < -0.4 is 4.74 Å². The van der Waals surface area contributed by atoms with Crippen molar-refractivity contribution in [3.8, 4) is 16.9 Å². The number of para-hydroxylation sites is 1. The Hall–Kier alpha value is -2.37. The first-order valence-corrected chi connectivity index (χ1v) is 5.25. The minimum atomic E-state index is -4.77. The molecule has 0 atom stereocenters. The number of hydrogen-bond acceptors (Lipinski definition) is 3. The topological polar surface area (TPSA) is 39.2 Å². The second-order valence-electron chi connectivity index (χ2n) is 3.67. The Morgan fingerprint density at radius 2 is 1.89 bits per heavy atom. The molecule has 1 aromatic carbocycles. The van der Waals surface area contributed by atoms with Crippen LogP contribution in [0.15, 0.2) is 42.7 Å². The summed E-state index contributed by atoms with van der Waals surface area (Å²) in [7, 11) is 0. The highest BCUT2D eigenvalue weighted by Gasteiger charge is 2.32. The SMILES string of the molecule is O=Cc1cncc(-c2ccccc2OC(F)(F)F)c1. The summed E-state index contributed by atoms with van der Waals surface area (Å²) in [4.78, 5) is 14.5. The van der Waals surface area contributed by atoms with Gasteiger partial charge in [-0.3, -0.25) is 9.78 Å². The van der Waals surface area contributed by atoms with E-state index >= 15 is 0 Å². The zero-order chi connectivity index (χ0) is 13.9. The van der Waals surface area contributed by atoms with Gasteiger partial charge in [0.05, 0.1) is 0 Å². The highest BCUT2D eigenvalue weighted by atomic mass is 19.4. The summed E-state index contributed by atoms with van der Waals surface area (Å²) in [6.07, 6.45) is -1.51. The molecule has 0 radical (unpaired) electrons. The van der Waals surface area contributed by atoms with Crippen molar-refractivity contribution in [3.05, 3.63) is 48.3 Å². The molecule has 0 N–H and O–H groups in total. The first-order chi connectivity index (χ1) is 8.99. The zero-order valence-electron chi connectivity index (χ0n) is 9.52. The summed E-state index contributed by atoms with van der Waals surface area (Å²) in [5.74, 6) is -0.333. The summed E-state index contributed by atoms with van der Waals surface area (Å²) in [6.45, 7) is 0. The Labute approximate surface area is 106 Å². The second kappa shape index (κ2) is 5.09. The van der Waals surface area contributed by atoms with Crippen LogP contribution in [0.4, 0.5) is 13.2 Å². The molecule has 0 bridgehead atoms. The largest absolute Gasteiger partial charge is 0.573 e. The van der Waals surface area contributed by atoms with E-state index in [0.29, 0.717) is 11.8 Å². The van der Waals surface area contributed by atoms with E-state index in [-0.39, 0.29) is 16.9 Å². The number of hydrogen-bond donors (Lipinski definition) is 0. The van der Waals surface area contributed by atoms with Gasteiger partial charge in [-0.2, -0.15) is 0 Å². The Bertz CT molecular complexity index is 596. The molecule has 3 nitrogen and oxygen atoms in total. The monoisotopic (exact) mass is 267 g/mol. The van der Waals surface area contributed by atoms with Crippen molar-refractivity contribution in [3.63, 3.8) is 0 Å². The van der Waals surface area contributed by atoms with Gasteiger partial charge in [-0.25, -0.2) is 0 Å². The fraction of sp³-hybridized carbons (Fsp3) is 0.0769. The fourth-order valence-corrected chi connectivity index (χ4v) is 1.59. The Kier molecular flexibility index (Phi) is 3.50. The van der Waals surface area contributed by atoms with Gasteiger partial charge in [0.25, 0.3) is 0 Å². The van der Waals surface area contributed by atoms with E-state index in [4.69, 9.17) is 0 Å². The lowest BCUT2D eigenvalue weighted by molar-refractivity contribution is -0.274. The predicted molar refractivity (Wildman–Crippen MR) is 61.7 cm³/mol. The molecule has 0 fully saturated rings. The summed E-state index contributed by atoms with van der Waals surface area (Å²) < 4.78 is 40.8. The normalized spacial score (nSPS) is 11.1. The lowest BCUT2D eigenvalue weighted by atomic mass is 10.1. The fourth-order valence-electron chi connectivity index (χ4n) is 1.59. The number of carbonyl (C=O) groups excluding carboxylic acids is 1. The molecule has 2 rings (SSSR count). The third kappa shape index (κ3) is 3.31. The van der Waals surface area contributed by atoms with Gasteiger partial charge in [-0.15, -0.1) is 13.2 Å². The Morgan fingerprint density at radius 1 is 1.16 bits per heavy atom. The van der Waals surface area contributed by atoms with Crippen molar-refractivity contribution in [1.29, 1.82) is 0 Å². The minimum absolute atomic E-state index is 0.219. The minimum Gasteiger partial charge on any atom is -0.405 e. The molecular weight excluding hydrogens is 259 g/mol. The maximum Gasteiger partial charge on any atom is 0.573 e. The summed E-state index contributed by atoms with van der Waals surface area (Å²) in [5.41, 5.74) is 0.875. The van der Waals surface area contributed by atoms with Crippen LogP contribution in [0.25, 0.3) is 11.1 Å². The van der Waals surface area contributed by atoms with Gasteiger partial charge in [0.15, 0.2) is 6.29 Å². The molecule has 0 saturated carbocycles. The highest BCUT2D eigenvalue weighted by Crippen LogP contribution is 2.33. The quantitative estimate of drug-likeness (QED) is 0.799. The van der Waals surface area contributed by atoms with Crippen molar-refractivity contribution in [2.75, 3.05) is 0 Å². The standard InChI is InChI=1S/C13H8F3NO2/c14-13(15,16)19-12-4-2-1-3-11(12)10-5-9(8-18)6-17-7-10/h1-8H. The third-order valence-corrected chi connectivity index (χ3v) is 2.32. The van der Waals surface area contributed by atoms with Crippen LogP contribution in [0.3, 0.4) is 0 Å². The van der Waals surface area contributed by atoms with Crippen molar-refractivity contribution in [2.24, 2.45) is 0 Å². The second-order valence-corrected chi connectivity index (χ2v) is 3.67. The summed E-state index contributed by atoms with van der Waals surface area (Å²) in [6, 6.07) is 7.12. The molecular formula is C13H8F3NO2. The van der Waals surface area contributed by atoms with Crippen LogP contribution in [0.2, 0.25) is 0 Å². The zero-order valence-corrected chi connectivity index (χ0v) is 9.52. The van der Waals surface area contributed by atoms with Crippen LogP contribution in [0.1, 0.15) is 10.4 Å². The van der Waals surface area contributed by atoms with Gasteiger partial charge in [-0.05, 0) is 12.1 Å². The van der Waals surface area contributed by atoms with E-state index in [2.05, 4.69) is 9.72 Å². The smallest absolute Gasteiger partial charge is 0.405 e. The Morgan fingerprint density at radius 3 is 2.58 bits per heavy atom. The highest BCUT2D eigenvalue weighted by molar-refractivity contribution is 5.79. The van der Waals surface area contributed by atoms with Crippen molar-refractivity contribution >= 4 is 6.29 Å². The molecule has 0 amide bonds. The first kappa shape index (κ1) is 13.1. The van der Waals surface area contributed by atoms with Gasteiger partial charge in [0.2, 0.25) is 0 Å². The van der Waals surface area contributed by atoms with E-state index in [1.807, 2.05) is 0 Å². The average molecular weight is 267 g/mol. The number of nitrogens with zero attached hydrogens (tertiary/aromatic N) is 1. The van der Waals surface area contributed by atoms with Crippen LogP contribution >= 0.6 is 0 Å². The molecule has 0 unspecified atom stereocenters. The number of alkyl halides is 3.